The molecule has 2 heteroatoms. The molecule has 1 unspecified atom stereocenters. The molecule has 0 amide bonds. The molecule has 1 N–H and O–H groups in total. The van der Waals surface area contributed by atoms with Gasteiger partial charge in [-0.3, -0.25) is 0 Å². The van der Waals surface area contributed by atoms with Crippen LogP contribution in [0.3, 0.4) is 0 Å². The molecule has 1 aromatic carbocycles. The van der Waals surface area contributed by atoms with Crippen molar-refractivity contribution in [3.63, 3.8) is 0 Å². The summed E-state index contributed by atoms with van der Waals surface area (Å²) in [5, 5.41) is 3.53. The summed E-state index contributed by atoms with van der Waals surface area (Å²) < 4.78 is 5.47. The van der Waals surface area contributed by atoms with Gasteiger partial charge in [-0.2, -0.15) is 0 Å². The number of hydrogen-bond acceptors (Lipinski definition) is 2. The van der Waals surface area contributed by atoms with E-state index in [1.807, 2.05) is 0 Å². The number of hydrogen-bond donors (Lipinski definition) is 1. The van der Waals surface area contributed by atoms with Crippen molar-refractivity contribution in [2.75, 3.05) is 19.8 Å². The Kier molecular flexibility index (Phi) is 4.37. The Hall–Kier alpha value is -0.860. The summed E-state index contributed by atoms with van der Waals surface area (Å²) in [6.07, 6.45) is 2.53. The molecule has 16 heavy (non-hydrogen) atoms. The van der Waals surface area contributed by atoms with Crippen molar-refractivity contribution in [2.24, 2.45) is 5.92 Å². The van der Waals surface area contributed by atoms with Crippen LogP contribution in [0.1, 0.15) is 24.0 Å². The summed E-state index contributed by atoms with van der Waals surface area (Å²) in [6, 6.07) is 8.56. The molecule has 1 saturated heterocycles. The van der Waals surface area contributed by atoms with E-state index in [-0.39, 0.29) is 0 Å². The van der Waals surface area contributed by atoms with Gasteiger partial charge in [-0.25, -0.2) is 0 Å². The first-order valence-electron chi connectivity index (χ1n) is 6.19. The van der Waals surface area contributed by atoms with Crippen molar-refractivity contribution in [1.82, 2.24) is 5.32 Å². The predicted molar refractivity (Wildman–Crippen MR) is 66.4 cm³/mol. The third kappa shape index (κ3) is 3.32. The SMILES string of the molecule is Cc1ccccc1CNCC1CCCOC1. The zero-order valence-corrected chi connectivity index (χ0v) is 10.0. The molecule has 1 aliphatic rings. The maximum absolute atomic E-state index is 5.47. The van der Waals surface area contributed by atoms with Crippen molar-refractivity contribution in [2.45, 2.75) is 26.3 Å². The Bertz CT molecular complexity index is 318. The van der Waals surface area contributed by atoms with Crippen LogP contribution in [0.4, 0.5) is 0 Å². The lowest BCUT2D eigenvalue weighted by Gasteiger charge is -2.22. The highest BCUT2D eigenvalue weighted by atomic mass is 16.5. The molecule has 0 bridgehead atoms. The van der Waals surface area contributed by atoms with Gasteiger partial charge in [0.2, 0.25) is 0 Å². The molecule has 1 aliphatic heterocycles. The average molecular weight is 219 g/mol. The van der Waals surface area contributed by atoms with Crippen molar-refractivity contribution in [3.05, 3.63) is 35.4 Å². The fraction of sp³-hybridized carbons (Fsp3) is 0.571. The molecule has 88 valence electrons. The first kappa shape index (κ1) is 11.6. The first-order valence-corrected chi connectivity index (χ1v) is 6.19. The van der Waals surface area contributed by atoms with E-state index >= 15 is 0 Å². The van der Waals surface area contributed by atoms with Gasteiger partial charge < -0.3 is 10.1 Å². The van der Waals surface area contributed by atoms with Crippen molar-refractivity contribution in [1.29, 1.82) is 0 Å². The average Bonchev–Trinajstić information content (AvgIpc) is 2.33. The number of ether oxygens (including phenoxy) is 1. The molecule has 0 radical (unpaired) electrons. The summed E-state index contributed by atoms with van der Waals surface area (Å²) in [5.74, 6) is 0.706. The predicted octanol–water partition coefficient (Wildman–Crippen LogP) is 2.51. The summed E-state index contributed by atoms with van der Waals surface area (Å²) in [4.78, 5) is 0. The minimum atomic E-state index is 0.706. The lowest BCUT2D eigenvalue weighted by atomic mass is 10.0. The van der Waals surface area contributed by atoms with Crippen LogP contribution in [-0.4, -0.2) is 19.8 Å². The monoisotopic (exact) mass is 219 g/mol. The maximum atomic E-state index is 5.47. The first-order chi connectivity index (χ1) is 7.86. The van der Waals surface area contributed by atoms with Gasteiger partial charge in [0.1, 0.15) is 0 Å². The van der Waals surface area contributed by atoms with Gasteiger partial charge in [-0.1, -0.05) is 24.3 Å². The van der Waals surface area contributed by atoms with Gasteiger partial charge in [0.25, 0.3) is 0 Å². The minimum Gasteiger partial charge on any atom is -0.381 e. The standard InChI is InChI=1S/C14H21NO/c1-12-5-2-3-7-14(12)10-15-9-13-6-4-8-16-11-13/h2-3,5,7,13,15H,4,6,8-11H2,1H3. The molecule has 2 rings (SSSR count). The zero-order chi connectivity index (χ0) is 11.2. The number of nitrogens with one attached hydrogen (secondary N) is 1. The summed E-state index contributed by atoms with van der Waals surface area (Å²) >= 11 is 0. The molecule has 0 saturated carbocycles. The van der Waals surface area contributed by atoms with Gasteiger partial charge in [0.15, 0.2) is 0 Å². The van der Waals surface area contributed by atoms with Gasteiger partial charge in [-0.15, -0.1) is 0 Å². The van der Waals surface area contributed by atoms with E-state index in [1.54, 1.807) is 0 Å². The van der Waals surface area contributed by atoms with Crippen molar-refractivity contribution < 1.29 is 4.74 Å². The second kappa shape index (κ2) is 6.02. The lowest BCUT2D eigenvalue weighted by molar-refractivity contribution is 0.0547. The fourth-order valence-corrected chi connectivity index (χ4v) is 2.19. The molecule has 1 heterocycles. The molecule has 1 aromatic rings. The second-order valence-electron chi connectivity index (χ2n) is 4.64. The molecule has 0 spiro atoms. The Morgan fingerprint density at radius 1 is 1.38 bits per heavy atom. The van der Waals surface area contributed by atoms with E-state index in [2.05, 4.69) is 36.5 Å². The van der Waals surface area contributed by atoms with E-state index in [9.17, 15) is 0 Å². The fourth-order valence-electron chi connectivity index (χ4n) is 2.19. The molecule has 0 aliphatic carbocycles. The van der Waals surface area contributed by atoms with E-state index in [0.717, 1.165) is 26.3 Å². The third-order valence-electron chi connectivity index (χ3n) is 3.26. The highest BCUT2D eigenvalue weighted by Crippen LogP contribution is 2.13. The smallest absolute Gasteiger partial charge is 0.0506 e. The molecular formula is C14H21NO. The van der Waals surface area contributed by atoms with Crippen LogP contribution in [0.5, 0.6) is 0 Å². The molecule has 0 aromatic heterocycles. The van der Waals surface area contributed by atoms with Gasteiger partial charge in [-0.05, 0) is 36.8 Å². The number of benzene rings is 1. The second-order valence-corrected chi connectivity index (χ2v) is 4.64. The normalized spacial score (nSPS) is 20.9. The zero-order valence-electron chi connectivity index (χ0n) is 10.0. The quantitative estimate of drug-likeness (QED) is 0.840. The lowest BCUT2D eigenvalue weighted by Crippen LogP contribution is -2.29. The van der Waals surface area contributed by atoms with Crippen LogP contribution >= 0.6 is 0 Å². The molecular weight excluding hydrogens is 198 g/mol. The van der Waals surface area contributed by atoms with Crippen molar-refractivity contribution >= 4 is 0 Å². The molecule has 1 fully saturated rings. The van der Waals surface area contributed by atoms with E-state index in [1.165, 1.54) is 24.0 Å². The minimum absolute atomic E-state index is 0.706. The van der Waals surface area contributed by atoms with Crippen LogP contribution in [0.15, 0.2) is 24.3 Å². The Morgan fingerprint density at radius 3 is 3.00 bits per heavy atom. The number of rotatable bonds is 4. The van der Waals surface area contributed by atoms with Crippen LogP contribution in [0.25, 0.3) is 0 Å². The Balaban J connectivity index is 1.73. The van der Waals surface area contributed by atoms with Crippen LogP contribution in [0.2, 0.25) is 0 Å². The van der Waals surface area contributed by atoms with Gasteiger partial charge in [0, 0.05) is 19.7 Å². The van der Waals surface area contributed by atoms with E-state index < -0.39 is 0 Å². The highest BCUT2D eigenvalue weighted by molar-refractivity contribution is 5.25. The Labute approximate surface area is 98.0 Å². The van der Waals surface area contributed by atoms with Gasteiger partial charge in [0.05, 0.1) is 6.61 Å². The summed E-state index contributed by atoms with van der Waals surface area (Å²) in [6.45, 7) is 6.10. The number of aryl methyl sites for hydroxylation is 1. The maximum Gasteiger partial charge on any atom is 0.0506 e. The summed E-state index contributed by atoms with van der Waals surface area (Å²) in [7, 11) is 0. The van der Waals surface area contributed by atoms with E-state index in [0.29, 0.717) is 5.92 Å². The van der Waals surface area contributed by atoms with Gasteiger partial charge >= 0.3 is 0 Å². The third-order valence-corrected chi connectivity index (χ3v) is 3.26. The largest absolute Gasteiger partial charge is 0.381 e. The van der Waals surface area contributed by atoms with E-state index in [4.69, 9.17) is 4.74 Å². The summed E-state index contributed by atoms with van der Waals surface area (Å²) in [5.41, 5.74) is 2.77. The molecule has 2 nitrogen and oxygen atoms in total. The Morgan fingerprint density at radius 2 is 2.25 bits per heavy atom. The van der Waals surface area contributed by atoms with Crippen molar-refractivity contribution in [3.8, 4) is 0 Å². The van der Waals surface area contributed by atoms with Crippen LogP contribution in [-0.2, 0) is 11.3 Å². The topological polar surface area (TPSA) is 21.3 Å². The molecule has 1 atom stereocenters. The highest BCUT2D eigenvalue weighted by Gasteiger charge is 2.12. The van der Waals surface area contributed by atoms with Crippen LogP contribution in [0, 0.1) is 12.8 Å². The van der Waals surface area contributed by atoms with Crippen LogP contribution < -0.4 is 5.32 Å².